The topological polar surface area (TPSA) is 41.6 Å². The molecule has 21 heavy (non-hydrogen) atoms. The van der Waals surface area contributed by atoms with E-state index >= 15 is 0 Å². The van der Waals surface area contributed by atoms with Crippen molar-refractivity contribution in [2.24, 2.45) is 0 Å². The number of fused-ring (bicyclic) bond motifs is 4. The first-order valence-electron chi connectivity index (χ1n) is 7.08. The Hall–Kier alpha value is -2.49. The maximum atomic E-state index is 12.4. The van der Waals surface area contributed by atoms with Crippen LogP contribution in [0, 0.1) is 0 Å². The van der Waals surface area contributed by atoms with E-state index in [0.717, 1.165) is 30.1 Å². The van der Waals surface area contributed by atoms with Crippen LogP contribution in [0.4, 0.5) is 11.4 Å². The molecule has 0 aromatic heterocycles. The van der Waals surface area contributed by atoms with Crippen molar-refractivity contribution in [2.45, 2.75) is 19.0 Å². The molecule has 2 aliphatic rings. The molecule has 1 amide bonds. The minimum Gasteiger partial charge on any atom is -0.497 e. The van der Waals surface area contributed by atoms with Gasteiger partial charge in [0.1, 0.15) is 11.8 Å². The molecule has 0 bridgehead atoms. The number of rotatable bonds is 1. The number of hydrogen-bond acceptors (Lipinski definition) is 3. The van der Waals surface area contributed by atoms with Crippen molar-refractivity contribution in [1.29, 1.82) is 0 Å². The SMILES string of the molecule is COc1ccc2c(c1)N1Cc3ccccc3CC1C(=O)N2. The van der Waals surface area contributed by atoms with Crippen molar-refractivity contribution in [3.05, 3.63) is 53.6 Å². The molecule has 2 heterocycles. The van der Waals surface area contributed by atoms with Gasteiger partial charge in [0.15, 0.2) is 0 Å². The summed E-state index contributed by atoms with van der Waals surface area (Å²) in [6, 6.07) is 14.0. The van der Waals surface area contributed by atoms with Crippen LogP contribution < -0.4 is 15.0 Å². The summed E-state index contributed by atoms with van der Waals surface area (Å²) in [6.07, 6.45) is 0.749. The highest BCUT2D eigenvalue weighted by Gasteiger charge is 2.36. The maximum Gasteiger partial charge on any atom is 0.247 e. The molecular formula is C17H16N2O2. The van der Waals surface area contributed by atoms with E-state index in [1.165, 1.54) is 11.1 Å². The molecule has 2 aliphatic heterocycles. The molecule has 0 saturated heterocycles. The van der Waals surface area contributed by atoms with Crippen LogP contribution in [0.2, 0.25) is 0 Å². The number of nitrogens with zero attached hydrogens (tertiary/aromatic N) is 1. The summed E-state index contributed by atoms with van der Waals surface area (Å²) in [5.74, 6) is 0.879. The molecule has 2 aromatic rings. The second-order valence-corrected chi connectivity index (χ2v) is 5.49. The minimum absolute atomic E-state index is 0.0715. The van der Waals surface area contributed by atoms with Crippen LogP contribution in [0.3, 0.4) is 0 Å². The molecule has 0 fully saturated rings. The summed E-state index contributed by atoms with van der Waals surface area (Å²) < 4.78 is 5.32. The maximum absolute atomic E-state index is 12.4. The van der Waals surface area contributed by atoms with E-state index < -0.39 is 0 Å². The van der Waals surface area contributed by atoms with Crippen molar-refractivity contribution < 1.29 is 9.53 Å². The lowest BCUT2D eigenvalue weighted by atomic mass is 9.91. The van der Waals surface area contributed by atoms with Gasteiger partial charge in [0.05, 0.1) is 18.5 Å². The van der Waals surface area contributed by atoms with E-state index in [4.69, 9.17) is 4.74 Å². The number of anilines is 2. The van der Waals surface area contributed by atoms with Gasteiger partial charge in [0.25, 0.3) is 0 Å². The van der Waals surface area contributed by atoms with E-state index in [9.17, 15) is 4.79 Å². The van der Waals surface area contributed by atoms with Crippen molar-refractivity contribution >= 4 is 17.3 Å². The number of ether oxygens (including phenoxy) is 1. The third kappa shape index (κ3) is 1.87. The number of nitrogens with one attached hydrogen (secondary N) is 1. The number of methoxy groups -OCH3 is 1. The van der Waals surface area contributed by atoms with Gasteiger partial charge in [-0.05, 0) is 23.3 Å². The second kappa shape index (κ2) is 4.52. The first-order chi connectivity index (χ1) is 10.3. The Bertz CT molecular complexity index is 726. The van der Waals surface area contributed by atoms with Crippen molar-refractivity contribution in [3.63, 3.8) is 0 Å². The number of hydrogen-bond donors (Lipinski definition) is 1. The zero-order valence-corrected chi connectivity index (χ0v) is 11.8. The monoisotopic (exact) mass is 280 g/mol. The average molecular weight is 280 g/mol. The second-order valence-electron chi connectivity index (χ2n) is 5.49. The Morgan fingerprint density at radius 2 is 2.00 bits per heavy atom. The standard InChI is InChI=1S/C17H16N2O2/c1-21-13-6-7-14-15(9-13)19-10-12-5-3-2-4-11(12)8-16(19)17(20)18-14/h2-7,9,16H,8,10H2,1H3,(H,18,20). The first kappa shape index (κ1) is 12.3. The Balaban J connectivity index is 1.82. The largest absolute Gasteiger partial charge is 0.497 e. The highest BCUT2D eigenvalue weighted by Crippen LogP contribution is 2.39. The first-order valence-corrected chi connectivity index (χ1v) is 7.08. The number of carbonyl (C=O) groups is 1. The van der Waals surface area contributed by atoms with Gasteiger partial charge in [0.2, 0.25) is 5.91 Å². The van der Waals surface area contributed by atoms with Crippen LogP contribution >= 0.6 is 0 Å². The summed E-state index contributed by atoms with van der Waals surface area (Å²) in [4.78, 5) is 14.6. The molecule has 4 rings (SSSR count). The van der Waals surface area contributed by atoms with Gasteiger partial charge in [0, 0.05) is 19.0 Å². The van der Waals surface area contributed by atoms with Crippen LogP contribution in [0.1, 0.15) is 11.1 Å². The smallest absolute Gasteiger partial charge is 0.247 e. The average Bonchev–Trinajstić information content (AvgIpc) is 2.53. The molecule has 106 valence electrons. The van der Waals surface area contributed by atoms with Gasteiger partial charge in [-0.15, -0.1) is 0 Å². The highest BCUT2D eigenvalue weighted by atomic mass is 16.5. The summed E-state index contributed by atoms with van der Waals surface area (Å²) in [5.41, 5.74) is 4.45. The summed E-state index contributed by atoms with van der Waals surface area (Å²) in [6.45, 7) is 0.758. The fourth-order valence-electron chi connectivity index (χ4n) is 3.21. The predicted octanol–water partition coefficient (Wildman–Crippen LogP) is 2.58. The molecule has 0 radical (unpaired) electrons. The van der Waals surface area contributed by atoms with Gasteiger partial charge in [-0.1, -0.05) is 24.3 Å². The molecule has 4 heteroatoms. The zero-order valence-electron chi connectivity index (χ0n) is 11.8. The Morgan fingerprint density at radius 3 is 2.81 bits per heavy atom. The number of carbonyl (C=O) groups excluding carboxylic acids is 1. The lowest BCUT2D eigenvalue weighted by Gasteiger charge is -2.41. The molecule has 0 spiro atoms. The van der Waals surface area contributed by atoms with Crippen molar-refractivity contribution in [2.75, 3.05) is 17.3 Å². The quantitative estimate of drug-likeness (QED) is 0.873. The van der Waals surface area contributed by atoms with Gasteiger partial charge in [-0.25, -0.2) is 0 Å². The lowest BCUT2D eigenvalue weighted by molar-refractivity contribution is -0.117. The molecule has 2 aromatic carbocycles. The molecule has 0 saturated carbocycles. The van der Waals surface area contributed by atoms with Crippen molar-refractivity contribution in [3.8, 4) is 5.75 Å². The van der Waals surface area contributed by atoms with E-state index in [1.807, 2.05) is 24.3 Å². The molecule has 4 nitrogen and oxygen atoms in total. The van der Waals surface area contributed by atoms with Crippen LogP contribution in [0.25, 0.3) is 0 Å². The predicted molar refractivity (Wildman–Crippen MR) is 81.7 cm³/mol. The molecule has 1 atom stereocenters. The molecular weight excluding hydrogens is 264 g/mol. The fraction of sp³-hybridized carbons (Fsp3) is 0.235. The summed E-state index contributed by atoms with van der Waals surface area (Å²) >= 11 is 0. The number of amides is 1. The molecule has 1 N–H and O–H groups in total. The third-order valence-corrected chi connectivity index (χ3v) is 4.32. The van der Waals surface area contributed by atoms with E-state index in [-0.39, 0.29) is 11.9 Å². The van der Waals surface area contributed by atoms with Gasteiger partial charge >= 0.3 is 0 Å². The Labute approximate surface area is 123 Å². The van der Waals surface area contributed by atoms with Gasteiger partial charge < -0.3 is 15.0 Å². The van der Waals surface area contributed by atoms with Crippen LogP contribution in [-0.2, 0) is 17.8 Å². The fourth-order valence-corrected chi connectivity index (χ4v) is 3.21. The van der Waals surface area contributed by atoms with Crippen LogP contribution in [0.5, 0.6) is 5.75 Å². The normalized spacial score (nSPS) is 19.2. The molecule has 0 aliphatic carbocycles. The van der Waals surface area contributed by atoms with Crippen molar-refractivity contribution in [1.82, 2.24) is 0 Å². The lowest BCUT2D eigenvalue weighted by Crippen LogP contribution is -2.51. The summed E-state index contributed by atoms with van der Waals surface area (Å²) in [7, 11) is 1.66. The third-order valence-electron chi connectivity index (χ3n) is 4.32. The Morgan fingerprint density at radius 1 is 1.19 bits per heavy atom. The molecule has 1 unspecified atom stereocenters. The van der Waals surface area contributed by atoms with Gasteiger partial charge in [-0.2, -0.15) is 0 Å². The minimum atomic E-state index is -0.139. The van der Waals surface area contributed by atoms with Gasteiger partial charge in [-0.3, -0.25) is 4.79 Å². The van der Waals surface area contributed by atoms with Crippen LogP contribution in [-0.4, -0.2) is 19.1 Å². The Kier molecular flexibility index (Phi) is 2.64. The van der Waals surface area contributed by atoms with E-state index in [0.29, 0.717) is 0 Å². The van der Waals surface area contributed by atoms with E-state index in [2.05, 4.69) is 28.4 Å². The number of benzene rings is 2. The van der Waals surface area contributed by atoms with Crippen LogP contribution in [0.15, 0.2) is 42.5 Å². The van der Waals surface area contributed by atoms with E-state index in [1.54, 1.807) is 7.11 Å². The summed E-state index contributed by atoms with van der Waals surface area (Å²) in [5, 5.41) is 3.01. The highest BCUT2D eigenvalue weighted by molar-refractivity contribution is 6.04. The zero-order chi connectivity index (χ0) is 14.4.